The summed E-state index contributed by atoms with van der Waals surface area (Å²) in [5.74, 6) is -0.125. The molecule has 590 valence electrons. The molecule has 0 aliphatic heterocycles. The van der Waals surface area contributed by atoms with E-state index in [9.17, 15) is 9.59 Å². The standard InChI is InChI=1S/2C54H35N4.C5H8O2.Ir/c2*1-4-18-39(19-5-1)50-36-55-53-48-34-42(57(40-22-6-2-7-23-40)51-28-14-20-37-16-10-12-26-44(37)51)30-32-46(48)47-33-31-43(35-49(47)54(53)56-50)58(41-24-8-3-9-25-41)52-29-15-21-38-17-11-13-27-45(38)52;1-4(6)3-5(2)7;/h2*1-33,35-36H;3H2,1-2H3;/q2*-1;;+3. The molecule has 22 rings (SSSR count). The summed E-state index contributed by atoms with van der Waals surface area (Å²) >= 11 is 0. The summed E-state index contributed by atoms with van der Waals surface area (Å²) < 4.78 is 0. The molecule has 20 aromatic carbocycles. The van der Waals surface area contributed by atoms with E-state index in [2.05, 4.69) is 408 Å². The summed E-state index contributed by atoms with van der Waals surface area (Å²) in [6.07, 6.45) is 3.89. The summed E-state index contributed by atoms with van der Waals surface area (Å²) in [6.45, 7) is 2.81. The van der Waals surface area contributed by atoms with Gasteiger partial charge in [-0.1, -0.05) is 313 Å². The van der Waals surface area contributed by atoms with Crippen LogP contribution in [0.5, 0.6) is 0 Å². The van der Waals surface area contributed by atoms with Crippen molar-refractivity contribution in [3.05, 3.63) is 437 Å². The Kier molecular flexibility index (Phi) is 21.8. The van der Waals surface area contributed by atoms with E-state index in [4.69, 9.17) is 19.9 Å². The van der Waals surface area contributed by atoms with Gasteiger partial charge < -0.3 is 29.6 Å². The van der Waals surface area contributed by atoms with E-state index in [1.807, 2.05) is 48.8 Å². The predicted octanol–water partition coefficient (Wildman–Crippen LogP) is 29.9. The summed E-state index contributed by atoms with van der Waals surface area (Å²) in [7, 11) is 0. The first-order valence-corrected chi connectivity index (χ1v) is 41.3. The molecule has 124 heavy (non-hydrogen) atoms. The second-order valence-electron chi connectivity index (χ2n) is 30.6. The third-order valence-electron chi connectivity index (χ3n) is 22.7. The van der Waals surface area contributed by atoms with E-state index in [0.717, 1.165) is 156 Å². The van der Waals surface area contributed by atoms with Gasteiger partial charge in [0.15, 0.2) is 0 Å². The minimum absolute atomic E-state index is 0. The first-order valence-electron chi connectivity index (χ1n) is 41.3. The third kappa shape index (κ3) is 15.2. The van der Waals surface area contributed by atoms with Crippen molar-refractivity contribution < 1.29 is 29.7 Å². The SMILES string of the molecule is CC(=O)CC(C)=O.[Ir+3].[c-]1c(N(c2ccccc2)c2cccc3ccccc23)ccc2c1c1ncc(-c3ccccc3)nc1c1cc(N(c3ccccc3)c3cccc4ccccc34)ccc21.[c-]1c(N(c2ccccc2)c2cccc3ccccc23)ccc2c1c1ncc(-c3ccccc3)nc1c1cc(N(c3ccccc3)c3cccc4ccccc34)ccc21. The minimum Gasteiger partial charge on any atom is -0.328 e. The molecule has 0 unspecified atom stereocenters. The Bertz CT molecular complexity index is 7280. The van der Waals surface area contributed by atoms with E-state index in [1.54, 1.807) is 0 Å². The Morgan fingerprint density at radius 2 is 0.524 bits per heavy atom. The van der Waals surface area contributed by atoms with Crippen LogP contribution in [0.1, 0.15) is 20.3 Å². The Morgan fingerprint density at radius 3 is 0.839 bits per heavy atom. The van der Waals surface area contributed by atoms with Gasteiger partial charge >= 0.3 is 20.1 Å². The number of para-hydroxylation sites is 4. The van der Waals surface area contributed by atoms with Gasteiger partial charge in [0.05, 0.1) is 51.6 Å². The van der Waals surface area contributed by atoms with E-state index in [1.165, 1.54) is 56.9 Å². The van der Waals surface area contributed by atoms with Crippen molar-refractivity contribution in [2.75, 3.05) is 19.6 Å². The van der Waals surface area contributed by atoms with Crippen molar-refractivity contribution in [1.29, 1.82) is 0 Å². The number of rotatable bonds is 16. The zero-order valence-electron chi connectivity index (χ0n) is 67.8. The molecular weight excluding hydrogens is 1690 g/mol. The number of hydrogen-bond acceptors (Lipinski definition) is 10. The van der Waals surface area contributed by atoms with Gasteiger partial charge in [-0.2, -0.15) is 0 Å². The largest absolute Gasteiger partial charge is 3.00 e. The monoisotopic (exact) mass is 1770 g/mol. The molecule has 0 bridgehead atoms. The Morgan fingerprint density at radius 1 is 0.250 bits per heavy atom. The van der Waals surface area contributed by atoms with Crippen LogP contribution in [-0.2, 0) is 29.7 Å². The average Bonchev–Trinajstić information content (AvgIpc) is 0.729. The fourth-order valence-corrected chi connectivity index (χ4v) is 17.2. The number of benzene rings is 20. The van der Waals surface area contributed by atoms with Crippen LogP contribution in [0.4, 0.5) is 68.2 Å². The van der Waals surface area contributed by atoms with E-state index < -0.39 is 0 Å². The summed E-state index contributed by atoms with van der Waals surface area (Å²) in [6, 6.07) is 153. The molecule has 2 aromatic heterocycles. The number of aromatic nitrogens is 4. The van der Waals surface area contributed by atoms with Gasteiger partial charge in [0, 0.05) is 90.2 Å². The van der Waals surface area contributed by atoms with Crippen LogP contribution in [0.2, 0.25) is 0 Å². The van der Waals surface area contributed by atoms with Crippen LogP contribution in [0.25, 0.3) is 131 Å². The summed E-state index contributed by atoms with van der Waals surface area (Å²) in [5.41, 5.74) is 19.5. The van der Waals surface area contributed by atoms with Gasteiger partial charge in [-0.05, 0) is 155 Å². The molecular formula is C113H78IrN8O2+. The van der Waals surface area contributed by atoms with Crippen molar-refractivity contribution in [2.24, 2.45) is 0 Å². The molecule has 0 aliphatic carbocycles. The van der Waals surface area contributed by atoms with Crippen LogP contribution in [0.15, 0.2) is 425 Å². The van der Waals surface area contributed by atoms with Crippen LogP contribution in [0.3, 0.4) is 0 Å². The quantitative estimate of drug-likeness (QED) is 0.0528. The van der Waals surface area contributed by atoms with Gasteiger partial charge in [0.25, 0.3) is 0 Å². The van der Waals surface area contributed by atoms with Gasteiger partial charge in [-0.25, -0.2) is 0 Å². The molecule has 0 saturated carbocycles. The fourth-order valence-electron chi connectivity index (χ4n) is 17.2. The molecule has 22 aromatic rings. The fraction of sp³-hybridized carbons (Fsp3) is 0.0265. The van der Waals surface area contributed by atoms with Crippen LogP contribution in [0, 0.1) is 12.1 Å². The molecule has 0 atom stereocenters. The number of ketones is 2. The van der Waals surface area contributed by atoms with Crippen molar-refractivity contribution >= 4 is 188 Å². The minimum atomic E-state index is -0.0625. The molecule has 0 fully saturated rings. The van der Waals surface area contributed by atoms with Crippen LogP contribution in [-0.4, -0.2) is 31.5 Å². The molecule has 0 radical (unpaired) electrons. The maximum absolute atomic E-state index is 10.0. The molecule has 11 heteroatoms. The molecule has 10 nitrogen and oxygen atoms in total. The Hall–Kier alpha value is -15.7. The molecule has 0 amide bonds. The molecule has 0 saturated heterocycles. The van der Waals surface area contributed by atoms with Gasteiger partial charge in [-0.3, -0.25) is 19.6 Å². The number of carbonyl (C=O) groups is 2. The predicted molar refractivity (Wildman–Crippen MR) is 512 cm³/mol. The number of fused-ring (bicyclic) bond motifs is 16. The average molecular weight is 1770 g/mol. The van der Waals surface area contributed by atoms with Gasteiger partial charge in [0.1, 0.15) is 11.6 Å². The maximum atomic E-state index is 10.0. The number of hydrogen-bond donors (Lipinski definition) is 0. The van der Waals surface area contributed by atoms with Gasteiger partial charge in [0.2, 0.25) is 0 Å². The Balaban J connectivity index is 0.000000150. The normalized spacial score (nSPS) is 11.2. The summed E-state index contributed by atoms with van der Waals surface area (Å²) in [5, 5.41) is 17.7. The van der Waals surface area contributed by atoms with Gasteiger partial charge in [-0.15, -0.1) is 47.2 Å². The Labute approximate surface area is 731 Å². The summed E-state index contributed by atoms with van der Waals surface area (Å²) in [4.78, 5) is 50.7. The van der Waals surface area contributed by atoms with E-state index >= 15 is 0 Å². The second-order valence-corrected chi connectivity index (χ2v) is 30.6. The third-order valence-corrected chi connectivity index (χ3v) is 22.7. The van der Waals surface area contributed by atoms with Crippen molar-refractivity contribution in [3.63, 3.8) is 0 Å². The zero-order chi connectivity index (χ0) is 82.7. The number of carbonyl (C=O) groups excluding carboxylic acids is 2. The smallest absolute Gasteiger partial charge is 0.328 e. The molecule has 0 spiro atoms. The van der Waals surface area contributed by atoms with E-state index in [0.29, 0.717) is 0 Å². The van der Waals surface area contributed by atoms with Crippen molar-refractivity contribution in [1.82, 2.24) is 19.9 Å². The van der Waals surface area contributed by atoms with Crippen molar-refractivity contribution in [3.8, 4) is 22.5 Å². The first-order chi connectivity index (χ1) is 60.7. The molecule has 2 heterocycles. The molecule has 0 aliphatic rings. The zero-order valence-corrected chi connectivity index (χ0v) is 70.2. The number of Topliss-reactive ketones (excluding diaryl/α,β-unsaturated/α-hetero) is 2. The van der Waals surface area contributed by atoms with E-state index in [-0.39, 0.29) is 38.1 Å². The van der Waals surface area contributed by atoms with Crippen LogP contribution < -0.4 is 19.6 Å². The molecule has 0 N–H and O–H groups in total. The first kappa shape index (κ1) is 78.2. The van der Waals surface area contributed by atoms with Crippen molar-refractivity contribution in [2.45, 2.75) is 20.3 Å². The second kappa shape index (κ2) is 34.6. The maximum Gasteiger partial charge on any atom is 3.00 e. The topological polar surface area (TPSA) is 98.7 Å². The number of nitrogens with zero attached hydrogens (tertiary/aromatic N) is 8. The number of anilines is 12. The van der Waals surface area contributed by atoms with Crippen LogP contribution >= 0.6 is 0 Å².